The molecule has 0 spiro atoms. The highest BCUT2D eigenvalue weighted by Gasteiger charge is 2.25. The maximum atomic E-state index is 12.3. The molecule has 2 amide bonds. The minimum Gasteiger partial charge on any atom is -0.354 e. The van der Waals surface area contributed by atoms with Crippen molar-refractivity contribution in [2.45, 2.75) is 26.3 Å². The zero-order chi connectivity index (χ0) is 20.1. The summed E-state index contributed by atoms with van der Waals surface area (Å²) in [6.45, 7) is 3.37. The Morgan fingerprint density at radius 3 is 2.46 bits per heavy atom. The molecule has 0 bridgehead atoms. The van der Waals surface area contributed by atoms with Gasteiger partial charge in [-0.1, -0.05) is 23.7 Å². The first-order valence-electron chi connectivity index (χ1n) is 9.31. The highest BCUT2D eigenvalue weighted by atomic mass is 35.5. The van der Waals surface area contributed by atoms with E-state index in [1.165, 1.54) is 10.7 Å². The van der Waals surface area contributed by atoms with E-state index in [0.29, 0.717) is 43.2 Å². The number of benzene rings is 1. The van der Waals surface area contributed by atoms with Gasteiger partial charge in [-0.15, -0.1) is 0 Å². The molecule has 3 rings (SSSR count). The second-order valence-electron chi connectivity index (χ2n) is 6.86. The molecular weight excluding hydrogens is 380 g/mol. The number of likely N-dealkylation sites (tertiary alicyclic amines) is 1. The van der Waals surface area contributed by atoms with E-state index in [2.05, 4.69) is 10.4 Å². The van der Waals surface area contributed by atoms with Crippen LogP contribution in [0.25, 0.3) is 11.3 Å². The summed E-state index contributed by atoms with van der Waals surface area (Å²) in [5.41, 5.74) is 1.31. The number of nitrogens with zero attached hydrogens (tertiary/aromatic N) is 3. The van der Waals surface area contributed by atoms with Crippen LogP contribution in [0.5, 0.6) is 0 Å². The number of rotatable bonds is 5. The van der Waals surface area contributed by atoms with E-state index in [9.17, 15) is 14.4 Å². The van der Waals surface area contributed by atoms with Gasteiger partial charge in [0.05, 0.1) is 12.2 Å². The van der Waals surface area contributed by atoms with Crippen molar-refractivity contribution < 1.29 is 9.59 Å². The van der Waals surface area contributed by atoms with Gasteiger partial charge in [-0.2, -0.15) is 5.10 Å². The van der Waals surface area contributed by atoms with Crippen molar-refractivity contribution in [3.05, 3.63) is 51.8 Å². The Kier molecular flexibility index (Phi) is 6.46. The van der Waals surface area contributed by atoms with Gasteiger partial charge in [0.25, 0.3) is 5.56 Å². The maximum absolute atomic E-state index is 12.3. The number of aromatic nitrogens is 2. The zero-order valence-electron chi connectivity index (χ0n) is 15.7. The molecule has 2 heterocycles. The molecule has 1 aliphatic heterocycles. The van der Waals surface area contributed by atoms with Gasteiger partial charge in [-0.05, 0) is 31.0 Å². The number of hydrogen-bond donors (Lipinski definition) is 1. The van der Waals surface area contributed by atoms with Crippen LogP contribution in [-0.4, -0.2) is 46.1 Å². The number of piperidine rings is 1. The molecule has 1 aromatic heterocycles. The van der Waals surface area contributed by atoms with E-state index in [-0.39, 0.29) is 29.8 Å². The molecule has 1 aromatic carbocycles. The molecule has 8 heteroatoms. The van der Waals surface area contributed by atoms with Crippen molar-refractivity contribution in [3.8, 4) is 11.3 Å². The van der Waals surface area contributed by atoms with Gasteiger partial charge in [0.2, 0.25) is 11.8 Å². The fraction of sp³-hybridized carbons (Fsp3) is 0.400. The Morgan fingerprint density at radius 1 is 1.14 bits per heavy atom. The summed E-state index contributed by atoms with van der Waals surface area (Å²) < 4.78 is 1.35. The van der Waals surface area contributed by atoms with Crippen LogP contribution in [0.15, 0.2) is 41.2 Å². The number of carbonyl (C=O) groups is 2. The molecule has 0 radical (unpaired) electrons. The second kappa shape index (κ2) is 9.01. The number of halogens is 1. The van der Waals surface area contributed by atoms with Crippen molar-refractivity contribution in [2.75, 3.05) is 19.6 Å². The lowest BCUT2D eigenvalue weighted by atomic mass is 9.96. The van der Waals surface area contributed by atoms with Crippen molar-refractivity contribution >= 4 is 23.4 Å². The fourth-order valence-electron chi connectivity index (χ4n) is 3.27. The third kappa shape index (κ3) is 4.98. The predicted octanol–water partition coefficient (Wildman–Crippen LogP) is 1.94. The molecule has 1 fully saturated rings. The molecule has 2 aromatic rings. The monoisotopic (exact) mass is 402 g/mol. The summed E-state index contributed by atoms with van der Waals surface area (Å²) in [5.74, 6) is -0.0873. The second-order valence-corrected chi connectivity index (χ2v) is 7.29. The number of nitrogens with one attached hydrogen (secondary N) is 1. The van der Waals surface area contributed by atoms with Crippen LogP contribution in [0.4, 0.5) is 0 Å². The Labute approximate surface area is 168 Å². The number of carbonyl (C=O) groups excluding carboxylic acids is 2. The molecule has 1 N–H and O–H groups in total. The van der Waals surface area contributed by atoms with Crippen molar-refractivity contribution in [3.63, 3.8) is 0 Å². The van der Waals surface area contributed by atoms with Crippen LogP contribution in [0.3, 0.4) is 0 Å². The first kappa shape index (κ1) is 20.1. The van der Waals surface area contributed by atoms with Gasteiger partial charge in [0, 0.05) is 49.1 Å². The first-order chi connectivity index (χ1) is 13.4. The van der Waals surface area contributed by atoms with Crippen LogP contribution in [0.2, 0.25) is 5.02 Å². The topological polar surface area (TPSA) is 84.3 Å². The summed E-state index contributed by atoms with van der Waals surface area (Å²) >= 11 is 5.91. The smallest absolute Gasteiger partial charge is 0.266 e. The summed E-state index contributed by atoms with van der Waals surface area (Å²) in [6.07, 6.45) is 1.32. The summed E-state index contributed by atoms with van der Waals surface area (Å²) in [6, 6.07) is 10.4. The van der Waals surface area contributed by atoms with E-state index in [1.54, 1.807) is 30.0 Å². The van der Waals surface area contributed by atoms with E-state index < -0.39 is 0 Å². The third-order valence-electron chi connectivity index (χ3n) is 4.94. The van der Waals surface area contributed by atoms with Gasteiger partial charge in [0.15, 0.2) is 0 Å². The lowest BCUT2D eigenvalue weighted by Crippen LogP contribution is -2.43. The van der Waals surface area contributed by atoms with Gasteiger partial charge in [0.1, 0.15) is 0 Å². The summed E-state index contributed by atoms with van der Waals surface area (Å²) in [5, 5.41) is 7.89. The molecule has 0 unspecified atom stereocenters. The quantitative estimate of drug-likeness (QED) is 0.828. The van der Waals surface area contributed by atoms with E-state index in [1.807, 2.05) is 12.1 Å². The standard InChI is InChI=1S/C20H23ClN4O3/c1-14(26)24-11-8-16(9-12-24)20(28)22-10-13-25-19(27)7-6-18(23-25)15-2-4-17(21)5-3-15/h2-7,16H,8-13H2,1H3,(H,22,28). The zero-order valence-corrected chi connectivity index (χ0v) is 16.5. The predicted molar refractivity (Wildman–Crippen MR) is 107 cm³/mol. The SMILES string of the molecule is CC(=O)N1CCC(C(=O)NCCn2nc(-c3ccc(Cl)cc3)ccc2=O)CC1. The molecule has 1 saturated heterocycles. The fourth-order valence-corrected chi connectivity index (χ4v) is 3.40. The highest BCUT2D eigenvalue weighted by molar-refractivity contribution is 6.30. The molecule has 7 nitrogen and oxygen atoms in total. The Hall–Kier alpha value is -2.67. The summed E-state index contributed by atoms with van der Waals surface area (Å²) in [4.78, 5) is 37.5. The Morgan fingerprint density at radius 2 is 1.82 bits per heavy atom. The molecule has 148 valence electrons. The normalized spacial score (nSPS) is 14.7. The van der Waals surface area contributed by atoms with Gasteiger partial charge in [-0.3, -0.25) is 14.4 Å². The van der Waals surface area contributed by atoms with Crippen LogP contribution >= 0.6 is 11.6 Å². The first-order valence-corrected chi connectivity index (χ1v) is 9.69. The van der Waals surface area contributed by atoms with Crippen molar-refractivity contribution in [2.24, 2.45) is 5.92 Å². The average Bonchev–Trinajstić information content (AvgIpc) is 2.70. The van der Waals surface area contributed by atoms with Crippen LogP contribution in [0, 0.1) is 5.92 Å². The molecule has 0 saturated carbocycles. The summed E-state index contributed by atoms with van der Waals surface area (Å²) in [7, 11) is 0. The molecule has 1 aliphatic rings. The lowest BCUT2D eigenvalue weighted by Gasteiger charge is -2.30. The maximum Gasteiger partial charge on any atom is 0.266 e. The van der Waals surface area contributed by atoms with E-state index >= 15 is 0 Å². The van der Waals surface area contributed by atoms with Gasteiger partial charge >= 0.3 is 0 Å². The van der Waals surface area contributed by atoms with E-state index in [0.717, 1.165) is 5.56 Å². The Bertz CT molecular complexity index is 902. The Balaban J connectivity index is 1.55. The minimum atomic E-state index is -0.221. The van der Waals surface area contributed by atoms with Crippen LogP contribution in [-0.2, 0) is 16.1 Å². The molecule has 0 atom stereocenters. The minimum absolute atomic E-state index is 0.0369. The van der Waals surface area contributed by atoms with Gasteiger partial charge < -0.3 is 10.2 Å². The number of amides is 2. The van der Waals surface area contributed by atoms with E-state index in [4.69, 9.17) is 11.6 Å². The van der Waals surface area contributed by atoms with Crippen molar-refractivity contribution in [1.29, 1.82) is 0 Å². The lowest BCUT2D eigenvalue weighted by molar-refractivity contribution is -0.133. The van der Waals surface area contributed by atoms with Crippen LogP contribution < -0.4 is 10.9 Å². The molecule has 28 heavy (non-hydrogen) atoms. The average molecular weight is 403 g/mol. The largest absolute Gasteiger partial charge is 0.354 e. The molecule has 0 aliphatic carbocycles. The van der Waals surface area contributed by atoms with Crippen LogP contribution in [0.1, 0.15) is 19.8 Å². The highest BCUT2D eigenvalue weighted by Crippen LogP contribution is 2.19. The third-order valence-corrected chi connectivity index (χ3v) is 5.19. The number of hydrogen-bond acceptors (Lipinski definition) is 4. The van der Waals surface area contributed by atoms with Crippen molar-refractivity contribution in [1.82, 2.24) is 20.0 Å². The molecular formula is C20H23ClN4O3. The van der Waals surface area contributed by atoms with Gasteiger partial charge in [-0.25, -0.2) is 4.68 Å².